The van der Waals surface area contributed by atoms with E-state index >= 15 is 0 Å². The zero-order valence-corrected chi connectivity index (χ0v) is 26.1. The van der Waals surface area contributed by atoms with Gasteiger partial charge in [0.1, 0.15) is 5.57 Å². The zero-order chi connectivity index (χ0) is 32.0. The minimum absolute atomic E-state index is 0.0453. The number of hydrogen-bond donors (Lipinski definition) is 2. The van der Waals surface area contributed by atoms with Gasteiger partial charge in [-0.2, -0.15) is 0 Å². The number of rotatable bonds is 11. The standard InChI is InChI=1S/C32H31Cl2N3O7/c1-5-11-43-26-10-9-22(16-27(26)42-6-2)37-31(40)23(30(39)36-32(37)41)13-20-14-24(33)29(25(34)15-20)44-17-28(38)35-21-8-7-18(3)19(4)12-21/h7-10,12-16H,5-6,11,17H2,1-4H3,(H,35,38)(H,36,39,41)/b23-13+. The molecule has 1 saturated heterocycles. The summed E-state index contributed by atoms with van der Waals surface area (Å²) in [6, 6.07) is 12.1. The van der Waals surface area contributed by atoms with Crippen LogP contribution in [0.5, 0.6) is 17.2 Å². The van der Waals surface area contributed by atoms with E-state index in [2.05, 4.69) is 10.6 Å². The van der Waals surface area contributed by atoms with Gasteiger partial charge in [0.05, 0.1) is 28.9 Å². The summed E-state index contributed by atoms with van der Waals surface area (Å²) in [6.45, 7) is 8.09. The van der Waals surface area contributed by atoms with Crippen LogP contribution in [-0.2, 0) is 14.4 Å². The van der Waals surface area contributed by atoms with E-state index in [4.69, 9.17) is 37.4 Å². The molecule has 3 aromatic rings. The molecule has 0 bridgehead atoms. The van der Waals surface area contributed by atoms with Gasteiger partial charge in [-0.05, 0) is 86.4 Å². The third kappa shape index (κ3) is 7.50. The van der Waals surface area contributed by atoms with Crippen molar-refractivity contribution in [1.29, 1.82) is 0 Å². The third-order valence-corrected chi connectivity index (χ3v) is 7.08. The fourth-order valence-electron chi connectivity index (χ4n) is 4.25. The lowest BCUT2D eigenvalue weighted by Crippen LogP contribution is -2.54. The molecule has 1 heterocycles. The van der Waals surface area contributed by atoms with Gasteiger partial charge in [0, 0.05) is 11.8 Å². The van der Waals surface area contributed by atoms with Gasteiger partial charge in [0.15, 0.2) is 23.9 Å². The molecule has 3 aromatic carbocycles. The molecule has 4 rings (SSSR count). The van der Waals surface area contributed by atoms with Crippen LogP contribution in [0, 0.1) is 13.8 Å². The van der Waals surface area contributed by atoms with Gasteiger partial charge in [-0.1, -0.05) is 36.2 Å². The maximum Gasteiger partial charge on any atom is 0.335 e. The van der Waals surface area contributed by atoms with Crippen molar-refractivity contribution in [1.82, 2.24) is 5.32 Å². The molecule has 1 fully saturated rings. The molecule has 0 unspecified atom stereocenters. The van der Waals surface area contributed by atoms with Crippen LogP contribution in [0.4, 0.5) is 16.2 Å². The quantitative estimate of drug-likeness (QED) is 0.182. The van der Waals surface area contributed by atoms with Crippen molar-refractivity contribution in [3.63, 3.8) is 0 Å². The Labute approximate surface area is 264 Å². The second kappa shape index (κ2) is 14.3. The van der Waals surface area contributed by atoms with Gasteiger partial charge in [0.2, 0.25) is 0 Å². The third-order valence-electron chi connectivity index (χ3n) is 6.52. The van der Waals surface area contributed by atoms with Crippen LogP contribution in [0.15, 0.2) is 54.1 Å². The Morgan fingerprint density at radius 3 is 2.30 bits per heavy atom. The van der Waals surface area contributed by atoms with Crippen LogP contribution in [0.3, 0.4) is 0 Å². The topological polar surface area (TPSA) is 123 Å². The molecule has 2 N–H and O–H groups in total. The SMILES string of the molecule is CCCOc1ccc(N2C(=O)NC(=O)/C(=C\c3cc(Cl)c(OCC(=O)Nc4ccc(C)c(C)c4)c(Cl)c3)C2=O)cc1OCC. The summed E-state index contributed by atoms with van der Waals surface area (Å²) in [6.07, 6.45) is 2.04. The Hall–Kier alpha value is -4.54. The highest BCUT2D eigenvalue weighted by Gasteiger charge is 2.37. The maximum atomic E-state index is 13.4. The summed E-state index contributed by atoms with van der Waals surface area (Å²) in [5, 5.41) is 5.02. The second-order valence-corrected chi connectivity index (χ2v) is 10.6. The van der Waals surface area contributed by atoms with E-state index in [-0.39, 0.29) is 39.2 Å². The highest BCUT2D eigenvalue weighted by atomic mass is 35.5. The lowest BCUT2D eigenvalue weighted by molar-refractivity contribution is -0.122. The Bertz CT molecular complexity index is 1630. The van der Waals surface area contributed by atoms with Gasteiger partial charge < -0.3 is 19.5 Å². The average Bonchev–Trinajstić information content (AvgIpc) is 2.96. The molecular weight excluding hydrogens is 609 g/mol. The first-order valence-corrected chi connectivity index (χ1v) is 14.6. The predicted octanol–water partition coefficient (Wildman–Crippen LogP) is 6.48. The molecule has 0 saturated carbocycles. The largest absolute Gasteiger partial charge is 0.490 e. The number of nitrogens with zero attached hydrogens (tertiary/aromatic N) is 1. The number of anilines is 2. The van der Waals surface area contributed by atoms with Crippen molar-refractivity contribution in [2.24, 2.45) is 0 Å². The first-order chi connectivity index (χ1) is 21.0. The number of nitrogens with one attached hydrogen (secondary N) is 2. The smallest absolute Gasteiger partial charge is 0.335 e. The summed E-state index contributed by atoms with van der Waals surface area (Å²) in [7, 11) is 0. The van der Waals surface area contributed by atoms with Crippen LogP contribution in [-0.4, -0.2) is 43.6 Å². The van der Waals surface area contributed by atoms with E-state index in [0.29, 0.717) is 30.4 Å². The number of benzene rings is 3. The molecule has 1 aliphatic rings. The molecule has 10 nitrogen and oxygen atoms in total. The highest BCUT2D eigenvalue weighted by molar-refractivity contribution is 6.40. The number of carbonyl (C=O) groups excluding carboxylic acids is 4. The van der Waals surface area contributed by atoms with Gasteiger partial charge in [0.25, 0.3) is 17.7 Å². The minimum Gasteiger partial charge on any atom is -0.490 e. The predicted molar refractivity (Wildman–Crippen MR) is 169 cm³/mol. The van der Waals surface area contributed by atoms with E-state index in [9.17, 15) is 19.2 Å². The molecule has 12 heteroatoms. The highest BCUT2D eigenvalue weighted by Crippen LogP contribution is 2.36. The van der Waals surface area contributed by atoms with E-state index < -0.39 is 23.8 Å². The maximum absolute atomic E-state index is 13.4. The number of imide groups is 2. The van der Waals surface area contributed by atoms with Gasteiger partial charge in [-0.25, -0.2) is 9.69 Å². The number of urea groups is 1. The van der Waals surface area contributed by atoms with Crippen molar-refractivity contribution in [2.75, 3.05) is 30.0 Å². The van der Waals surface area contributed by atoms with E-state index in [1.165, 1.54) is 30.3 Å². The fraction of sp³-hybridized carbons (Fsp3) is 0.250. The molecule has 5 amide bonds. The number of halogens is 2. The Kier molecular flexibility index (Phi) is 10.5. The molecular formula is C32H31Cl2N3O7. The van der Waals surface area contributed by atoms with Crippen LogP contribution >= 0.6 is 23.2 Å². The number of aryl methyl sites for hydroxylation is 2. The fourth-order valence-corrected chi connectivity index (χ4v) is 4.86. The van der Waals surface area contributed by atoms with Crippen molar-refractivity contribution in [3.8, 4) is 17.2 Å². The molecule has 0 spiro atoms. The number of ether oxygens (including phenoxy) is 3. The number of carbonyl (C=O) groups is 4. The lowest BCUT2D eigenvalue weighted by atomic mass is 10.1. The molecule has 230 valence electrons. The van der Waals surface area contributed by atoms with Crippen LogP contribution in [0.25, 0.3) is 6.08 Å². The molecule has 0 aliphatic carbocycles. The first-order valence-electron chi connectivity index (χ1n) is 13.8. The normalized spacial score (nSPS) is 14.0. The van der Waals surface area contributed by atoms with Crippen molar-refractivity contribution >= 4 is 64.4 Å². The summed E-state index contributed by atoms with van der Waals surface area (Å²) >= 11 is 12.8. The molecule has 1 aliphatic heterocycles. The Morgan fingerprint density at radius 1 is 0.909 bits per heavy atom. The van der Waals surface area contributed by atoms with Crippen molar-refractivity contribution < 1.29 is 33.4 Å². The second-order valence-electron chi connectivity index (χ2n) is 9.82. The van der Waals surface area contributed by atoms with Gasteiger partial charge >= 0.3 is 6.03 Å². The van der Waals surface area contributed by atoms with Gasteiger partial charge in [-0.3, -0.25) is 19.7 Å². The molecule has 0 atom stereocenters. The minimum atomic E-state index is -0.916. The zero-order valence-electron chi connectivity index (χ0n) is 24.6. The van der Waals surface area contributed by atoms with Crippen molar-refractivity contribution in [2.45, 2.75) is 34.1 Å². The molecule has 0 radical (unpaired) electrons. The van der Waals surface area contributed by atoms with Crippen LogP contribution < -0.4 is 29.7 Å². The van der Waals surface area contributed by atoms with Crippen LogP contribution in [0.1, 0.15) is 37.0 Å². The monoisotopic (exact) mass is 639 g/mol. The summed E-state index contributed by atoms with van der Waals surface area (Å²) in [5.41, 5.74) is 2.89. The summed E-state index contributed by atoms with van der Waals surface area (Å²) in [5.74, 6) is -1.31. The summed E-state index contributed by atoms with van der Waals surface area (Å²) < 4.78 is 16.9. The van der Waals surface area contributed by atoms with E-state index in [1.807, 2.05) is 32.9 Å². The number of barbiturate groups is 1. The number of amides is 5. The first kappa shape index (κ1) is 32.4. The Morgan fingerprint density at radius 2 is 1.64 bits per heavy atom. The molecule has 0 aromatic heterocycles. The van der Waals surface area contributed by atoms with Crippen molar-refractivity contribution in [3.05, 3.63) is 80.8 Å². The van der Waals surface area contributed by atoms with E-state index in [1.54, 1.807) is 19.1 Å². The molecule has 44 heavy (non-hydrogen) atoms. The lowest BCUT2D eigenvalue weighted by Gasteiger charge is -2.27. The Balaban J connectivity index is 1.53. The van der Waals surface area contributed by atoms with E-state index in [0.717, 1.165) is 22.4 Å². The van der Waals surface area contributed by atoms with Crippen LogP contribution in [0.2, 0.25) is 10.0 Å². The summed E-state index contributed by atoms with van der Waals surface area (Å²) in [4.78, 5) is 52.2. The van der Waals surface area contributed by atoms with Gasteiger partial charge in [-0.15, -0.1) is 0 Å². The average molecular weight is 641 g/mol. The number of hydrogen-bond acceptors (Lipinski definition) is 7.